The number of hydrogen-bond donors (Lipinski definition) is 1. The largest absolute Gasteiger partial charge is 0.314 e. The van der Waals surface area contributed by atoms with Gasteiger partial charge >= 0.3 is 0 Å². The maximum Gasteiger partial charge on any atom is 0.0344 e. The molecule has 1 aromatic carbocycles. The fraction of sp³-hybridized carbons (Fsp3) is 0.333. The van der Waals surface area contributed by atoms with Crippen LogP contribution in [-0.4, -0.2) is 18.3 Å². The lowest BCUT2D eigenvalue weighted by atomic mass is 10.3. The molecule has 1 nitrogen and oxygen atoms in total. The van der Waals surface area contributed by atoms with Crippen molar-refractivity contribution < 1.29 is 0 Å². The SMILES string of the molecule is Brc1ccc(SC2CNC2)cc1. The minimum Gasteiger partial charge on any atom is -0.314 e. The van der Waals surface area contributed by atoms with Crippen molar-refractivity contribution in [3.05, 3.63) is 28.7 Å². The Kier molecular flexibility index (Phi) is 2.73. The Balaban J connectivity index is 1.98. The van der Waals surface area contributed by atoms with E-state index < -0.39 is 0 Å². The normalized spacial score (nSPS) is 17.4. The van der Waals surface area contributed by atoms with Crippen molar-refractivity contribution in [3.63, 3.8) is 0 Å². The summed E-state index contributed by atoms with van der Waals surface area (Å²) in [5, 5.41) is 4.05. The third-order valence-electron chi connectivity index (χ3n) is 1.86. The summed E-state index contributed by atoms with van der Waals surface area (Å²) < 4.78 is 1.15. The summed E-state index contributed by atoms with van der Waals surface area (Å²) in [5.74, 6) is 0. The molecule has 0 spiro atoms. The van der Waals surface area contributed by atoms with Crippen molar-refractivity contribution in [2.75, 3.05) is 13.1 Å². The van der Waals surface area contributed by atoms with E-state index in [9.17, 15) is 0 Å². The molecule has 2 rings (SSSR count). The molecule has 1 fully saturated rings. The molecule has 0 atom stereocenters. The molecule has 1 heterocycles. The third-order valence-corrected chi connectivity index (χ3v) is 3.60. The Hall–Kier alpha value is 0.01000. The van der Waals surface area contributed by atoms with Crippen LogP contribution in [-0.2, 0) is 0 Å². The molecule has 0 bridgehead atoms. The number of benzene rings is 1. The molecule has 0 aromatic heterocycles. The lowest BCUT2D eigenvalue weighted by Crippen LogP contribution is -2.44. The number of halogens is 1. The van der Waals surface area contributed by atoms with Gasteiger partial charge in [-0.2, -0.15) is 0 Å². The van der Waals surface area contributed by atoms with Gasteiger partial charge in [0.05, 0.1) is 0 Å². The van der Waals surface area contributed by atoms with E-state index in [1.807, 2.05) is 11.8 Å². The Morgan fingerprint density at radius 2 is 1.92 bits per heavy atom. The van der Waals surface area contributed by atoms with Crippen LogP contribution in [0.5, 0.6) is 0 Å². The molecule has 1 aliphatic rings. The number of thioether (sulfide) groups is 1. The van der Waals surface area contributed by atoms with E-state index >= 15 is 0 Å². The number of rotatable bonds is 2. The van der Waals surface area contributed by atoms with E-state index in [0.29, 0.717) is 0 Å². The molecule has 64 valence electrons. The second-order valence-corrected chi connectivity index (χ2v) is 5.14. The Morgan fingerprint density at radius 3 is 2.42 bits per heavy atom. The molecule has 12 heavy (non-hydrogen) atoms. The van der Waals surface area contributed by atoms with Crippen LogP contribution in [0.2, 0.25) is 0 Å². The molecule has 1 aliphatic heterocycles. The van der Waals surface area contributed by atoms with Gasteiger partial charge in [0.15, 0.2) is 0 Å². The zero-order chi connectivity index (χ0) is 8.39. The molecular formula is C9H10BrNS. The molecule has 0 amide bonds. The van der Waals surface area contributed by atoms with E-state index in [0.717, 1.165) is 22.8 Å². The highest BCUT2D eigenvalue weighted by molar-refractivity contribution is 9.10. The summed E-state index contributed by atoms with van der Waals surface area (Å²) >= 11 is 5.38. The van der Waals surface area contributed by atoms with Crippen molar-refractivity contribution >= 4 is 27.7 Å². The first kappa shape index (κ1) is 8.60. The van der Waals surface area contributed by atoms with Crippen molar-refractivity contribution in [1.82, 2.24) is 5.32 Å². The molecule has 1 N–H and O–H groups in total. The van der Waals surface area contributed by atoms with Gasteiger partial charge in [-0.1, -0.05) is 15.9 Å². The monoisotopic (exact) mass is 243 g/mol. The molecule has 0 saturated carbocycles. The van der Waals surface area contributed by atoms with Crippen molar-refractivity contribution in [2.24, 2.45) is 0 Å². The summed E-state index contributed by atoms with van der Waals surface area (Å²) in [6.07, 6.45) is 0. The Bertz CT molecular complexity index is 256. The molecule has 0 aliphatic carbocycles. The summed E-state index contributed by atoms with van der Waals surface area (Å²) in [7, 11) is 0. The molecule has 3 heteroatoms. The Labute approximate surface area is 85.1 Å². The first-order valence-corrected chi connectivity index (χ1v) is 5.65. The van der Waals surface area contributed by atoms with Crippen molar-refractivity contribution in [2.45, 2.75) is 10.1 Å². The first-order chi connectivity index (χ1) is 5.84. The smallest absolute Gasteiger partial charge is 0.0344 e. The van der Waals surface area contributed by atoms with Gasteiger partial charge in [0.25, 0.3) is 0 Å². The van der Waals surface area contributed by atoms with Gasteiger partial charge in [0.1, 0.15) is 0 Å². The van der Waals surface area contributed by atoms with Crippen LogP contribution in [0.1, 0.15) is 0 Å². The molecule has 1 saturated heterocycles. The summed E-state index contributed by atoms with van der Waals surface area (Å²) in [4.78, 5) is 1.37. The van der Waals surface area contributed by atoms with Crippen LogP contribution >= 0.6 is 27.7 Å². The van der Waals surface area contributed by atoms with E-state index in [4.69, 9.17) is 0 Å². The second-order valence-electron chi connectivity index (χ2n) is 2.85. The van der Waals surface area contributed by atoms with Crippen LogP contribution in [0.15, 0.2) is 33.6 Å². The third kappa shape index (κ3) is 2.03. The van der Waals surface area contributed by atoms with Gasteiger partial charge in [-0.3, -0.25) is 0 Å². The average Bonchev–Trinajstić information content (AvgIpc) is 2.00. The van der Waals surface area contributed by atoms with Crippen LogP contribution in [0.3, 0.4) is 0 Å². The highest BCUT2D eigenvalue weighted by Gasteiger charge is 2.17. The summed E-state index contributed by atoms with van der Waals surface area (Å²) in [6, 6.07) is 8.50. The maximum absolute atomic E-state index is 3.42. The lowest BCUT2D eigenvalue weighted by molar-refractivity contribution is 0.544. The zero-order valence-electron chi connectivity index (χ0n) is 6.59. The quantitative estimate of drug-likeness (QED) is 0.857. The molecular weight excluding hydrogens is 234 g/mol. The standard InChI is InChI=1S/C9H10BrNS/c10-7-1-3-8(4-2-7)12-9-5-11-6-9/h1-4,9,11H,5-6H2. The van der Waals surface area contributed by atoms with E-state index in [1.165, 1.54) is 4.90 Å². The van der Waals surface area contributed by atoms with Crippen molar-refractivity contribution in [1.29, 1.82) is 0 Å². The predicted octanol–water partition coefficient (Wildman–Crippen LogP) is 2.51. The molecule has 0 unspecified atom stereocenters. The van der Waals surface area contributed by atoms with Crippen LogP contribution in [0.25, 0.3) is 0 Å². The van der Waals surface area contributed by atoms with Gasteiger partial charge in [0.2, 0.25) is 0 Å². The summed E-state index contributed by atoms with van der Waals surface area (Å²) in [5.41, 5.74) is 0. The number of hydrogen-bond acceptors (Lipinski definition) is 2. The fourth-order valence-corrected chi connectivity index (χ4v) is 2.40. The van der Waals surface area contributed by atoms with Gasteiger partial charge in [-0.05, 0) is 24.3 Å². The summed E-state index contributed by atoms with van der Waals surface area (Å²) in [6.45, 7) is 2.31. The average molecular weight is 244 g/mol. The van der Waals surface area contributed by atoms with Crippen molar-refractivity contribution in [3.8, 4) is 0 Å². The fourth-order valence-electron chi connectivity index (χ4n) is 1.05. The molecule has 1 aromatic rings. The lowest BCUT2D eigenvalue weighted by Gasteiger charge is -2.26. The van der Waals surface area contributed by atoms with Gasteiger partial charge in [0, 0.05) is 27.7 Å². The Morgan fingerprint density at radius 1 is 1.25 bits per heavy atom. The molecule has 0 radical (unpaired) electrons. The topological polar surface area (TPSA) is 12.0 Å². The van der Waals surface area contributed by atoms with E-state index in [2.05, 4.69) is 45.5 Å². The highest BCUT2D eigenvalue weighted by atomic mass is 79.9. The van der Waals surface area contributed by atoms with Crippen LogP contribution < -0.4 is 5.32 Å². The highest BCUT2D eigenvalue weighted by Crippen LogP contribution is 2.26. The van der Waals surface area contributed by atoms with Gasteiger partial charge in [-0.25, -0.2) is 0 Å². The first-order valence-electron chi connectivity index (χ1n) is 3.97. The van der Waals surface area contributed by atoms with E-state index in [1.54, 1.807) is 0 Å². The zero-order valence-corrected chi connectivity index (χ0v) is 8.99. The predicted molar refractivity (Wildman–Crippen MR) is 56.7 cm³/mol. The minimum atomic E-state index is 0.783. The maximum atomic E-state index is 3.42. The van der Waals surface area contributed by atoms with Gasteiger partial charge < -0.3 is 5.32 Å². The van der Waals surface area contributed by atoms with Gasteiger partial charge in [-0.15, -0.1) is 11.8 Å². The van der Waals surface area contributed by atoms with E-state index in [-0.39, 0.29) is 0 Å². The minimum absolute atomic E-state index is 0.783. The van der Waals surface area contributed by atoms with Crippen LogP contribution in [0, 0.1) is 0 Å². The number of nitrogens with one attached hydrogen (secondary N) is 1. The van der Waals surface area contributed by atoms with Crippen LogP contribution in [0.4, 0.5) is 0 Å². The second kappa shape index (κ2) is 3.81.